The van der Waals surface area contributed by atoms with Crippen LogP contribution in [0.3, 0.4) is 0 Å². The molecule has 1 aromatic rings. The van der Waals surface area contributed by atoms with E-state index in [1.807, 2.05) is 50.2 Å². The van der Waals surface area contributed by atoms with Crippen LogP contribution in [-0.2, 0) is 23.8 Å². The molecule has 0 saturated carbocycles. The molecular weight excluding hydrogens is 480 g/mol. The minimum atomic E-state index is -1.02. The van der Waals surface area contributed by atoms with Crippen molar-refractivity contribution >= 4 is 35.3 Å². The minimum Gasteiger partial charge on any atom is -0.497 e. The number of benzene rings is 1. The molecule has 3 atom stereocenters. The minimum absolute atomic E-state index is 0.118. The maximum absolute atomic E-state index is 14.0. The lowest BCUT2D eigenvalue weighted by Gasteiger charge is -2.31. The Morgan fingerprint density at radius 3 is 2.64 bits per heavy atom. The first-order chi connectivity index (χ1) is 17.3. The second kappa shape index (κ2) is 13.0. The lowest BCUT2D eigenvalue weighted by Crippen LogP contribution is -2.48. The summed E-state index contributed by atoms with van der Waals surface area (Å²) >= 11 is 1.40. The van der Waals surface area contributed by atoms with Crippen LogP contribution < -0.4 is 4.90 Å². The highest BCUT2D eigenvalue weighted by molar-refractivity contribution is 8.00. The van der Waals surface area contributed by atoms with E-state index in [9.17, 15) is 14.4 Å². The van der Waals surface area contributed by atoms with Crippen molar-refractivity contribution in [3.05, 3.63) is 47.7 Å². The summed E-state index contributed by atoms with van der Waals surface area (Å²) in [7, 11) is 5.47. The molecular formula is C27H36N2O6S. The Morgan fingerprint density at radius 1 is 1.25 bits per heavy atom. The predicted molar refractivity (Wildman–Crippen MR) is 140 cm³/mol. The van der Waals surface area contributed by atoms with Crippen LogP contribution in [0.2, 0.25) is 0 Å². The largest absolute Gasteiger partial charge is 0.497 e. The smallest absolute Gasteiger partial charge is 0.339 e. The first-order valence-corrected chi connectivity index (χ1v) is 13.2. The Balaban J connectivity index is 2.09. The van der Waals surface area contributed by atoms with Crippen LogP contribution in [0.5, 0.6) is 0 Å². The highest BCUT2D eigenvalue weighted by Gasteiger charge is 2.44. The molecule has 1 aliphatic carbocycles. The van der Waals surface area contributed by atoms with E-state index in [0.29, 0.717) is 42.3 Å². The van der Waals surface area contributed by atoms with Crippen LogP contribution in [0.25, 0.3) is 0 Å². The summed E-state index contributed by atoms with van der Waals surface area (Å²) in [5.74, 6) is -0.612. The zero-order valence-corrected chi connectivity index (χ0v) is 22.5. The van der Waals surface area contributed by atoms with Gasteiger partial charge in [-0.25, -0.2) is 4.79 Å². The summed E-state index contributed by atoms with van der Waals surface area (Å²) in [6.07, 6.45) is 7.10. The molecule has 0 N–H and O–H groups in total. The zero-order chi connectivity index (χ0) is 26.2. The monoisotopic (exact) mass is 516 g/mol. The fourth-order valence-electron chi connectivity index (χ4n) is 4.17. The summed E-state index contributed by atoms with van der Waals surface area (Å²) < 4.78 is 16.6. The van der Waals surface area contributed by atoms with Gasteiger partial charge in [0.05, 0.1) is 30.2 Å². The summed E-state index contributed by atoms with van der Waals surface area (Å²) in [4.78, 5) is 43.5. The number of fused-ring (bicyclic) bond motifs is 1. The molecule has 0 radical (unpaired) electrons. The average molecular weight is 517 g/mol. The molecule has 1 amide bonds. The topological polar surface area (TPSA) is 85.4 Å². The van der Waals surface area contributed by atoms with Crippen molar-refractivity contribution in [2.75, 3.05) is 45.8 Å². The number of ether oxygens (including phenoxy) is 3. The fourth-order valence-corrected chi connectivity index (χ4v) is 5.69. The van der Waals surface area contributed by atoms with E-state index < -0.39 is 23.3 Å². The van der Waals surface area contributed by atoms with Crippen molar-refractivity contribution in [2.45, 2.75) is 49.4 Å². The standard InChI is InChI=1S/C27H36N2O6S/c1-6-7-17-34-27(32)21-9-8-10-22-25(21)36-24(19-11-13-20(33-5)14-12-19)23(35-18(2)30)26(31)29(22)16-15-28(3)4/h8-11,13-14,19,23-24H,6-7,12,15-17H2,1-5H3. The molecule has 8 nitrogen and oxygen atoms in total. The molecule has 1 aromatic carbocycles. The summed E-state index contributed by atoms with van der Waals surface area (Å²) in [5, 5.41) is -0.444. The van der Waals surface area contributed by atoms with Gasteiger partial charge in [-0.1, -0.05) is 25.5 Å². The molecule has 0 spiro atoms. The van der Waals surface area contributed by atoms with Crippen molar-refractivity contribution in [3.8, 4) is 0 Å². The maximum atomic E-state index is 14.0. The van der Waals surface area contributed by atoms with Crippen LogP contribution in [0.4, 0.5) is 5.69 Å². The van der Waals surface area contributed by atoms with Gasteiger partial charge in [-0.05, 0) is 57.1 Å². The molecule has 1 heterocycles. The number of carbonyl (C=O) groups is 3. The second-order valence-corrected chi connectivity index (χ2v) is 10.3. The van der Waals surface area contributed by atoms with Gasteiger partial charge in [0.2, 0.25) is 0 Å². The van der Waals surface area contributed by atoms with Crippen molar-refractivity contribution in [1.82, 2.24) is 4.90 Å². The first kappa shape index (κ1) is 27.8. The number of anilines is 1. The highest BCUT2D eigenvalue weighted by Crippen LogP contribution is 2.45. The number of allylic oxidation sites excluding steroid dienone is 3. The van der Waals surface area contributed by atoms with Gasteiger partial charge in [0.25, 0.3) is 5.91 Å². The number of rotatable bonds is 10. The molecule has 36 heavy (non-hydrogen) atoms. The highest BCUT2D eigenvalue weighted by atomic mass is 32.2. The third-order valence-electron chi connectivity index (χ3n) is 6.12. The number of hydrogen-bond acceptors (Lipinski definition) is 8. The third kappa shape index (κ3) is 6.70. The Kier molecular flexibility index (Phi) is 10.0. The van der Waals surface area contributed by atoms with Crippen LogP contribution in [-0.4, -0.2) is 75.0 Å². The molecule has 196 valence electrons. The average Bonchev–Trinajstić information content (AvgIpc) is 2.97. The summed E-state index contributed by atoms with van der Waals surface area (Å²) in [6.45, 7) is 4.66. The number of hydrogen-bond donors (Lipinski definition) is 0. The van der Waals surface area contributed by atoms with E-state index >= 15 is 0 Å². The number of esters is 2. The van der Waals surface area contributed by atoms with Crippen molar-refractivity contribution in [1.29, 1.82) is 0 Å². The van der Waals surface area contributed by atoms with Gasteiger partial charge in [0.1, 0.15) is 5.76 Å². The SMILES string of the molecule is CCCCOC(=O)c1cccc2c1SC(C1C=CC(OC)=CC1)C(OC(C)=O)C(=O)N2CCN(C)C. The first-order valence-electron chi connectivity index (χ1n) is 12.3. The Labute approximate surface area is 217 Å². The van der Waals surface area contributed by atoms with Gasteiger partial charge in [-0.15, -0.1) is 11.8 Å². The quantitative estimate of drug-likeness (QED) is 0.340. The summed E-state index contributed by atoms with van der Waals surface area (Å²) in [6, 6.07) is 5.34. The fraction of sp³-hybridized carbons (Fsp3) is 0.519. The molecule has 0 saturated heterocycles. The van der Waals surface area contributed by atoms with Crippen molar-refractivity contribution in [3.63, 3.8) is 0 Å². The van der Waals surface area contributed by atoms with Crippen LogP contribution in [0.15, 0.2) is 47.1 Å². The van der Waals surface area contributed by atoms with Gasteiger partial charge in [-0.2, -0.15) is 0 Å². The molecule has 0 aromatic heterocycles. The predicted octanol–water partition coefficient (Wildman–Crippen LogP) is 4.05. The van der Waals surface area contributed by atoms with E-state index in [1.165, 1.54) is 18.7 Å². The van der Waals surface area contributed by atoms with E-state index in [4.69, 9.17) is 14.2 Å². The van der Waals surface area contributed by atoms with Crippen molar-refractivity contribution < 1.29 is 28.6 Å². The van der Waals surface area contributed by atoms with Gasteiger partial charge in [-0.3, -0.25) is 9.59 Å². The van der Waals surface area contributed by atoms with Gasteiger partial charge in [0.15, 0.2) is 6.10 Å². The maximum Gasteiger partial charge on any atom is 0.339 e. The molecule has 3 rings (SSSR count). The van der Waals surface area contributed by atoms with Crippen molar-refractivity contribution in [2.24, 2.45) is 5.92 Å². The Hall–Kier alpha value is -2.78. The normalized spacial score (nSPS) is 21.5. The van der Waals surface area contributed by atoms with Crippen LogP contribution in [0, 0.1) is 5.92 Å². The van der Waals surface area contributed by atoms with Gasteiger partial charge in [0, 0.05) is 24.9 Å². The number of methoxy groups -OCH3 is 1. The zero-order valence-electron chi connectivity index (χ0n) is 21.7. The van der Waals surface area contributed by atoms with Gasteiger partial charge < -0.3 is 24.0 Å². The lowest BCUT2D eigenvalue weighted by molar-refractivity contribution is -0.153. The van der Waals surface area contributed by atoms with Crippen LogP contribution in [0.1, 0.15) is 43.5 Å². The number of likely N-dealkylation sites (N-methyl/N-ethyl adjacent to an activating group) is 1. The summed E-state index contributed by atoms with van der Waals surface area (Å²) in [5.41, 5.74) is 1.04. The third-order valence-corrected chi connectivity index (χ3v) is 7.65. The van der Waals surface area contributed by atoms with E-state index in [0.717, 1.165) is 18.6 Å². The second-order valence-electron chi connectivity index (χ2n) is 9.12. The molecule has 9 heteroatoms. The number of amides is 1. The number of nitrogens with zero attached hydrogens (tertiary/aromatic N) is 2. The molecule has 3 unspecified atom stereocenters. The molecule has 1 aliphatic heterocycles. The number of unbranched alkanes of at least 4 members (excludes halogenated alkanes) is 1. The Bertz CT molecular complexity index is 1020. The Morgan fingerprint density at radius 2 is 2.03 bits per heavy atom. The lowest BCUT2D eigenvalue weighted by atomic mass is 9.92. The number of thioether (sulfide) groups is 1. The molecule has 0 bridgehead atoms. The number of carbonyl (C=O) groups excluding carboxylic acids is 3. The van der Waals surface area contributed by atoms with Crippen LogP contribution >= 0.6 is 11.8 Å². The van der Waals surface area contributed by atoms with E-state index in [2.05, 4.69) is 0 Å². The molecule has 2 aliphatic rings. The van der Waals surface area contributed by atoms with E-state index in [-0.39, 0.29) is 11.8 Å². The van der Waals surface area contributed by atoms with E-state index in [1.54, 1.807) is 24.1 Å². The van der Waals surface area contributed by atoms with Gasteiger partial charge >= 0.3 is 11.9 Å². The molecule has 0 fully saturated rings.